The van der Waals surface area contributed by atoms with E-state index in [1.165, 1.54) is 19.2 Å². The van der Waals surface area contributed by atoms with Crippen molar-refractivity contribution in [2.24, 2.45) is 0 Å². The van der Waals surface area contributed by atoms with Crippen LogP contribution in [0.5, 0.6) is 17.2 Å². The second-order valence-corrected chi connectivity index (χ2v) is 2.31. The number of benzene rings is 1. The molecule has 0 fully saturated rings. The second kappa shape index (κ2) is 3.32. The average molecular weight is 170 g/mol. The molecule has 0 atom stereocenters. The molecule has 0 saturated carbocycles. The normalized spacial score (nSPS) is 9.83. The highest BCUT2D eigenvalue weighted by Gasteiger charge is 2.07. The van der Waals surface area contributed by atoms with Crippen LogP contribution in [0.1, 0.15) is 5.56 Å². The highest BCUT2D eigenvalue weighted by atomic mass is 16.5. The molecule has 0 saturated heterocycles. The minimum Gasteiger partial charge on any atom is -0.507 e. The topological polar surface area (TPSA) is 69.9 Å². The van der Waals surface area contributed by atoms with E-state index in [2.05, 4.69) is 0 Å². The quantitative estimate of drug-likeness (QED) is 0.568. The van der Waals surface area contributed by atoms with E-state index < -0.39 is 0 Å². The number of aliphatic hydroxyl groups excluding tert-OH is 1. The van der Waals surface area contributed by atoms with Crippen molar-refractivity contribution in [2.75, 3.05) is 7.11 Å². The molecule has 4 nitrogen and oxygen atoms in total. The van der Waals surface area contributed by atoms with E-state index in [0.717, 1.165) is 0 Å². The zero-order chi connectivity index (χ0) is 9.14. The van der Waals surface area contributed by atoms with E-state index in [1.54, 1.807) is 0 Å². The first-order valence-electron chi connectivity index (χ1n) is 3.38. The van der Waals surface area contributed by atoms with Crippen molar-refractivity contribution in [3.8, 4) is 17.2 Å². The molecule has 0 bridgehead atoms. The predicted molar refractivity (Wildman–Crippen MR) is 42.2 cm³/mol. The number of hydrogen-bond donors (Lipinski definition) is 3. The van der Waals surface area contributed by atoms with Crippen LogP contribution in [0, 0.1) is 0 Å². The molecule has 0 aliphatic heterocycles. The van der Waals surface area contributed by atoms with Crippen LogP contribution in [0.15, 0.2) is 12.1 Å². The van der Waals surface area contributed by atoms with Crippen LogP contribution in [0.3, 0.4) is 0 Å². The fourth-order valence-corrected chi connectivity index (χ4v) is 0.891. The van der Waals surface area contributed by atoms with Gasteiger partial charge in [0.15, 0.2) is 11.5 Å². The van der Waals surface area contributed by atoms with Crippen LogP contribution in [0.4, 0.5) is 0 Å². The first-order chi connectivity index (χ1) is 5.69. The van der Waals surface area contributed by atoms with Crippen molar-refractivity contribution in [3.63, 3.8) is 0 Å². The first-order valence-corrected chi connectivity index (χ1v) is 3.38. The largest absolute Gasteiger partial charge is 0.507 e. The fraction of sp³-hybridized carbons (Fsp3) is 0.250. The summed E-state index contributed by atoms with van der Waals surface area (Å²) in [6, 6.07) is 2.51. The Hall–Kier alpha value is -1.42. The average Bonchev–Trinajstić information content (AvgIpc) is 2.08. The molecule has 0 heterocycles. The number of aliphatic hydroxyl groups is 1. The van der Waals surface area contributed by atoms with Crippen LogP contribution in [0.25, 0.3) is 0 Å². The number of phenols is 2. The third-order valence-electron chi connectivity index (χ3n) is 1.55. The lowest BCUT2D eigenvalue weighted by atomic mass is 10.2. The molecule has 0 unspecified atom stereocenters. The van der Waals surface area contributed by atoms with Gasteiger partial charge in [-0.1, -0.05) is 0 Å². The van der Waals surface area contributed by atoms with Gasteiger partial charge in [0.05, 0.1) is 13.7 Å². The smallest absolute Gasteiger partial charge is 0.164 e. The predicted octanol–water partition coefficient (Wildman–Crippen LogP) is 0.599. The van der Waals surface area contributed by atoms with Crippen LogP contribution in [0.2, 0.25) is 0 Å². The number of ether oxygens (including phenoxy) is 1. The molecule has 4 heteroatoms. The number of rotatable bonds is 2. The molecule has 0 aromatic heterocycles. The van der Waals surface area contributed by atoms with Crippen molar-refractivity contribution >= 4 is 0 Å². The molecule has 0 spiro atoms. The molecular weight excluding hydrogens is 160 g/mol. The molecule has 66 valence electrons. The molecule has 1 rings (SSSR count). The third-order valence-corrected chi connectivity index (χ3v) is 1.55. The van der Waals surface area contributed by atoms with Crippen molar-refractivity contribution in [1.82, 2.24) is 0 Å². The summed E-state index contributed by atoms with van der Waals surface area (Å²) in [7, 11) is 1.38. The number of hydrogen-bond acceptors (Lipinski definition) is 4. The molecule has 0 amide bonds. The Morgan fingerprint density at radius 1 is 1.25 bits per heavy atom. The van der Waals surface area contributed by atoms with Gasteiger partial charge in [-0.3, -0.25) is 0 Å². The summed E-state index contributed by atoms with van der Waals surface area (Å²) >= 11 is 0. The van der Waals surface area contributed by atoms with E-state index in [-0.39, 0.29) is 29.4 Å². The maximum absolute atomic E-state index is 9.20. The van der Waals surface area contributed by atoms with E-state index >= 15 is 0 Å². The van der Waals surface area contributed by atoms with Gasteiger partial charge in [-0.05, 0) is 6.07 Å². The molecule has 1 aromatic carbocycles. The van der Waals surface area contributed by atoms with Gasteiger partial charge in [0.1, 0.15) is 5.75 Å². The second-order valence-electron chi connectivity index (χ2n) is 2.31. The zero-order valence-corrected chi connectivity index (χ0v) is 6.61. The number of phenolic OH excluding ortho intramolecular Hbond substituents is 1. The van der Waals surface area contributed by atoms with E-state index in [4.69, 9.17) is 9.84 Å². The molecule has 1 aromatic rings. The Labute approximate surface area is 69.7 Å². The Morgan fingerprint density at radius 3 is 2.42 bits per heavy atom. The van der Waals surface area contributed by atoms with Gasteiger partial charge in [-0.15, -0.1) is 0 Å². The number of methoxy groups -OCH3 is 1. The summed E-state index contributed by atoms with van der Waals surface area (Å²) in [5.74, 6) is -0.00352. The van der Waals surface area contributed by atoms with Crippen LogP contribution in [-0.2, 0) is 6.61 Å². The van der Waals surface area contributed by atoms with Crippen LogP contribution >= 0.6 is 0 Å². The van der Waals surface area contributed by atoms with Gasteiger partial charge < -0.3 is 20.1 Å². The molecule has 12 heavy (non-hydrogen) atoms. The lowest BCUT2D eigenvalue weighted by Crippen LogP contribution is -1.88. The lowest BCUT2D eigenvalue weighted by molar-refractivity contribution is 0.273. The maximum Gasteiger partial charge on any atom is 0.164 e. The van der Waals surface area contributed by atoms with Crippen molar-refractivity contribution < 1.29 is 20.1 Å². The number of aromatic hydroxyl groups is 2. The molecule has 0 aliphatic carbocycles. The molecular formula is C8H10O4. The van der Waals surface area contributed by atoms with E-state index in [9.17, 15) is 10.2 Å². The maximum atomic E-state index is 9.20. The fourth-order valence-electron chi connectivity index (χ4n) is 0.891. The summed E-state index contributed by atoms with van der Waals surface area (Å²) in [6.07, 6.45) is 0. The third kappa shape index (κ3) is 1.43. The van der Waals surface area contributed by atoms with Crippen LogP contribution < -0.4 is 4.74 Å². The minimum atomic E-state index is -0.316. The highest BCUT2D eigenvalue weighted by molar-refractivity contribution is 5.48. The van der Waals surface area contributed by atoms with E-state index in [0.29, 0.717) is 0 Å². The summed E-state index contributed by atoms with van der Waals surface area (Å²) in [5.41, 5.74) is 0.272. The summed E-state index contributed by atoms with van der Waals surface area (Å²) in [6.45, 7) is -0.316. The van der Waals surface area contributed by atoms with Gasteiger partial charge in [-0.25, -0.2) is 0 Å². The minimum absolute atomic E-state index is 0.0906. The first kappa shape index (κ1) is 8.67. The van der Waals surface area contributed by atoms with Crippen molar-refractivity contribution in [3.05, 3.63) is 17.7 Å². The van der Waals surface area contributed by atoms with Gasteiger partial charge >= 0.3 is 0 Å². The molecule has 3 N–H and O–H groups in total. The van der Waals surface area contributed by atoms with E-state index in [1.807, 2.05) is 0 Å². The summed E-state index contributed by atoms with van der Waals surface area (Å²) in [5, 5.41) is 27.1. The summed E-state index contributed by atoms with van der Waals surface area (Å²) < 4.78 is 4.73. The Bertz CT molecular complexity index is 253. The standard InChI is InChI=1S/C8H10O4/c1-12-8-3-6(10)5(4-9)2-7(8)11/h2-3,9-11H,4H2,1H3. The van der Waals surface area contributed by atoms with Gasteiger partial charge in [-0.2, -0.15) is 0 Å². The van der Waals surface area contributed by atoms with Crippen molar-refractivity contribution in [1.29, 1.82) is 0 Å². The molecule has 0 aliphatic rings. The SMILES string of the molecule is COc1cc(O)c(CO)cc1O. The zero-order valence-electron chi connectivity index (χ0n) is 6.61. The van der Waals surface area contributed by atoms with Gasteiger partial charge in [0, 0.05) is 11.6 Å². The van der Waals surface area contributed by atoms with Gasteiger partial charge in [0.2, 0.25) is 0 Å². The Kier molecular flexibility index (Phi) is 2.40. The Balaban J connectivity index is 3.16. The van der Waals surface area contributed by atoms with Crippen LogP contribution in [-0.4, -0.2) is 22.4 Å². The monoisotopic (exact) mass is 170 g/mol. The Morgan fingerprint density at radius 2 is 1.92 bits per heavy atom. The van der Waals surface area contributed by atoms with Gasteiger partial charge in [0.25, 0.3) is 0 Å². The lowest BCUT2D eigenvalue weighted by Gasteiger charge is -2.06. The summed E-state index contributed by atoms with van der Waals surface area (Å²) in [4.78, 5) is 0. The van der Waals surface area contributed by atoms with Crippen molar-refractivity contribution in [2.45, 2.75) is 6.61 Å². The molecule has 0 radical (unpaired) electrons. The highest BCUT2D eigenvalue weighted by Crippen LogP contribution is 2.32.